The molecule has 0 bridgehead atoms. The number of benzene rings is 2. The molecule has 5 aromatic rings. The minimum absolute atomic E-state index is 0.0780. The highest BCUT2D eigenvalue weighted by Gasteiger charge is 2.24. The largest absolute Gasteiger partial charge is 0.305 e. The van der Waals surface area contributed by atoms with Gasteiger partial charge in [0.15, 0.2) is 5.82 Å². The maximum atomic E-state index is 13.5. The van der Waals surface area contributed by atoms with E-state index in [1.165, 1.54) is 11.3 Å². The molecule has 4 nitrogen and oxygen atoms in total. The Bertz CT molecular complexity index is 1190. The molecule has 0 atom stereocenters. The van der Waals surface area contributed by atoms with Crippen LogP contribution in [-0.4, -0.2) is 15.3 Å². The molecular formula is C22H15N3OS. The van der Waals surface area contributed by atoms with Crippen molar-refractivity contribution in [2.45, 2.75) is 0 Å². The summed E-state index contributed by atoms with van der Waals surface area (Å²) in [7, 11) is 0. The lowest BCUT2D eigenvalue weighted by Crippen LogP contribution is -2.25. The van der Waals surface area contributed by atoms with Crippen LogP contribution in [0.5, 0.6) is 0 Å². The summed E-state index contributed by atoms with van der Waals surface area (Å²) >= 11 is 1.50. The Labute approximate surface area is 159 Å². The Morgan fingerprint density at radius 2 is 1.70 bits per heavy atom. The van der Waals surface area contributed by atoms with Crippen LogP contribution in [0.25, 0.3) is 15.7 Å². The first-order valence-electron chi connectivity index (χ1n) is 8.61. The summed E-state index contributed by atoms with van der Waals surface area (Å²) in [6, 6.07) is 25.4. The van der Waals surface area contributed by atoms with E-state index in [0.717, 1.165) is 21.4 Å². The number of imidazole rings is 1. The van der Waals surface area contributed by atoms with E-state index in [0.29, 0.717) is 10.7 Å². The number of anilines is 2. The fourth-order valence-electron chi connectivity index (χ4n) is 3.16. The average Bonchev–Trinajstić information content (AvgIpc) is 3.33. The van der Waals surface area contributed by atoms with Crippen LogP contribution < -0.4 is 4.90 Å². The van der Waals surface area contributed by atoms with Gasteiger partial charge in [0.1, 0.15) is 5.65 Å². The van der Waals surface area contributed by atoms with Gasteiger partial charge in [-0.3, -0.25) is 9.69 Å². The molecule has 2 aromatic carbocycles. The zero-order valence-corrected chi connectivity index (χ0v) is 15.1. The number of fused-ring (bicyclic) bond motifs is 2. The van der Waals surface area contributed by atoms with Gasteiger partial charge in [0.05, 0.1) is 16.8 Å². The molecular weight excluding hydrogens is 354 g/mol. The van der Waals surface area contributed by atoms with Crippen molar-refractivity contribution < 1.29 is 4.79 Å². The van der Waals surface area contributed by atoms with Gasteiger partial charge < -0.3 is 4.40 Å². The summed E-state index contributed by atoms with van der Waals surface area (Å²) in [5.41, 5.74) is 1.60. The molecule has 0 radical (unpaired) electrons. The van der Waals surface area contributed by atoms with Gasteiger partial charge in [-0.2, -0.15) is 0 Å². The molecule has 0 saturated carbocycles. The van der Waals surface area contributed by atoms with Crippen molar-refractivity contribution in [2.75, 3.05) is 4.90 Å². The van der Waals surface area contributed by atoms with Crippen LogP contribution in [0.15, 0.2) is 91.3 Å². The molecule has 0 aliphatic carbocycles. The monoisotopic (exact) mass is 369 g/mol. The van der Waals surface area contributed by atoms with E-state index < -0.39 is 0 Å². The zero-order chi connectivity index (χ0) is 18.2. The second-order valence-electron chi connectivity index (χ2n) is 6.19. The minimum Gasteiger partial charge on any atom is -0.305 e. The molecule has 27 heavy (non-hydrogen) atoms. The van der Waals surface area contributed by atoms with Gasteiger partial charge in [-0.1, -0.05) is 42.5 Å². The van der Waals surface area contributed by atoms with Crippen LogP contribution in [0, 0.1) is 0 Å². The van der Waals surface area contributed by atoms with E-state index in [1.54, 1.807) is 4.90 Å². The van der Waals surface area contributed by atoms with Crippen LogP contribution >= 0.6 is 11.3 Å². The Kier molecular flexibility index (Phi) is 3.73. The maximum Gasteiger partial charge on any atom is 0.274 e. The SMILES string of the molecule is O=C(c1cc2ccccc2s1)N(c1ccccc1)c1cn2ccccc2n1. The molecule has 0 fully saturated rings. The minimum atomic E-state index is -0.0780. The smallest absolute Gasteiger partial charge is 0.274 e. The van der Waals surface area contributed by atoms with Crippen molar-refractivity contribution in [3.63, 3.8) is 0 Å². The predicted molar refractivity (Wildman–Crippen MR) is 110 cm³/mol. The maximum absolute atomic E-state index is 13.5. The van der Waals surface area contributed by atoms with Gasteiger partial charge >= 0.3 is 0 Å². The number of nitrogens with zero attached hydrogens (tertiary/aromatic N) is 3. The number of amides is 1. The van der Waals surface area contributed by atoms with Crippen molar-refractivity contribution in [2.24, 2.45) is 0 Å². The Balaban J connectivity index is 1.66. The highest BCUT2D eigenvalue weighted by molar-refractivity contribution is 7.20. The molecule has 0 spiro atoms. The molecule has 0 N–H and O–H groups in total. The summed E-state index contributed by atoms with van der Waals surface area (Å²) < 4.78 is 3.02. The standard InChI is InChI=1S/C22H15N3OS/c26-22(19-14-16-8-4-5-11-18(16)27-19)25(17-9-2-1-3-10-17)21-15-24-13-7-6-12-20(24)23-21/h1-15H. The zero-order valence-electron chi connectivity index (χ0n) is 14.3. The van der Waals surface area contributed by atoms with Gasteiger partial charge in [0.2, 0.25) is 0 Å². The third kappa shape index (κ3) is 2.78. The first kappa shape index (κ1) is 15.8. The summed E-state index contributed by atoms with van der Waals surface area (Å²) in [6.07, 6.45) is 3.81. The van der Waals surface area contributed by atoms with Crippen molar-refractivity contribution in [1.82, 2.24) is 9.38 Å². The second kappa shape index (κ2) is 6.37. The third-order valence-corrected chi connectivity index (χ3v) is 5.54. The first-order chi connectivity index (χ1) is 13.3. The predicted octanol–water partition coefficient (Wildman–Crippen LogP) is 5.53. The quantitative estimate of drug-likeness (QED) is 0.419. The number of thiophene rings is 1. The van der Waals surface area contributed by atoms with Gasteiger partial charge in [0, 0.05) is 10.9 Å². The van der Waals surface area contributed by atoms with Crippen LogP contribution in [-0.2, 0) is 0 Å². The molecule has 0 unspecified atom stereocenters. The number of hydrogen-bond acceptors (Lipinski definition) is 3. The van der Waals surface area contributed by atoms with Gasteiger partial charge in [-0.15, -0.1) is 11.3 Å². The average molecular weight is 369 g/mol. The number of aromatic nitrogens is 2. The normalized spacial score (nSPS) is 11.1. The molecule has 0 aliphatic heterocycles. The lowest BCUT2D eigenvalue weighted by atomic mass is 10.2. The van der Waals surface area contributed by atoms with Crippen LogP contribution in [0.1, 0.15) is 9.67 Å². The number of carbonyl (C=O) groups is 1. The van der Waals surface area contributed by atoms with E-state index in [-0.39, 0.29) is 5.91 Å². The van der Waals surface area contributed by atoms with Crippen molar-refractivity contribution in [1.29, 1.82) is 0 Å². The molecule has 0 saturated heterocycles. The van der Waals surface area contributed by atoms with Crippen LogP contribution in [0.3, 0.4) is 0 Å². The van der Waals surface area contributed by atoms with E-state index in [1.807, 2.05) is 95.7 Å². The molecule has 130 valence electrons. The Hall–Kier alpha value is -3.44. The van der Waals surface area contributed by atoms with E-state index in [2.05, 4.69) is 4.98 Å². The van der Waals surface area contributed by atoms with Gasteiger partial charge in [0.25, 0.3) is 5.91 Å². The van der Waals surface area contributed by atoms with Crippen LogP contribution in [0.4, 0.5) is 11.5 Å². The van der Waals surface area contributed by atoms with Crippen molar-refractivity contribution in [3.05, 3.63) is 96.1 Å². The van der Waals surface area contributed by atoms with Gasteiger partial charge in [-0.05, 0) is 41.8 Å². The highest BCUT2D eigenvalue weighted by Crippen LogP contribution is 2.31. The van der Waals surface area contributed by atoms with E-state index in [4.69, 9.17) is 0 Å². The summed E-state index contributed by atoms with van der Waals surface area (Å²) in [5.74, 6) is 0.528. The first-order valence-corrected chi connectivity index (χ1v) is 9.43. The molecule has 3 aromatic heterocycles. The van der Waals surface area contributed by atoms with E-state index >= 15 is 0 Å². The number of hydrogen-bond donors (Lipinski definition) is 0. The summed E-state index contributed by atoms with van der Waals surface area (Å²) in [4.78, 5) is 20.5. The summed E-state index contributed by atoms with van der Waals surface area (Å²) in [5, 5.41) is 1.08. The number of para-hydroxylation sites is 1. The van der Waals surface area contributed by atoms with Crippen molar-refractivity contribution in [3.8, 4) is 0 Å². The Morgan fingerprint density at radius 3 is 2.52 bits per heavy atom. The third-order valence-electron chi connectivity index (χ3n) is 4.43. The molecule has 0 aliphatic rings. The fraction of sp³-hybridized carbons (Fsp3) is 0. The highest BCUT2D eigenvalue weighted by atomic mass is 32.1. The molecule has 5 rings (SSSR count). The van der Waals surface area contributed by atoms with E-state index in [9.17, 15) is 4.79 Å². The molecule has 3 heterocycles. The number of pyridine rings is 1. The fourth-order valence-corrected chi connectivity index (χ4v) is 4.15. The number of carbonyl (C=O) groups excluding carboxylic acids is 1. The van der Waals surface area contributed by atoms with Crippen molar-refractivity contribution >= 4 is 44.5 Å². The molecule has 1 amide bonds. The lowest BCUT2D eigenvalue weighted by Gasteiger charge is -2.19. The van der Waals surface area contributed by atoms with Crippen LogP contribution in [0.2, 0.25) is 0 Å². The second-order valence-corrected chi connectivity index (χ2v) is 7.27. The Morgan fingerprint density at radius 1 is 0.926 bits per heavy atom. The topological polar surface area (TPSA) is 37.6 Å². The lowest BCUT2D eigenvalue weighted by molar-refractivity contribution is 0.100. The molecule has 5 heteroatoms. The number of rotatable bonds is 3. The summed E-state index contributed by atoms with van der Waals surface area (Å²) in [6.45, 7) is 0. The van der Waals surface area contributed by atoms with Gasteiger partial charge in [-0.25, -0.2) is 4.98 Å².